The first-order chi connectivity index (χ1) is 24.1. The lowest BCUT2D eigenvalue weighted by Gasteiger charge is -2.47. The van der Waals surface area contributed by atoms with Crippen LogP contribution in [0.1, 0.15) is 98.2 Å². The smallest absolute Gasteiger partial charge is 0.329 e. The van der Waals surface area contributed by atoms with Gasteiger partial charge in [-0.05, 0) is 147 Å². The van der Waals surface area contributed by atoms with Gasteiger partial charge in [-0.3, -0.25) is 4.98 Å². The van der Waals surface area contributed by atoms with Crippen LogP contribution in [0.4, 0.5) is 5.69 Å². The van der Waals surface area contributed by atoms with Gasteiger partial charge in [0.05, 0.1) is 6.61 Å². The number of hydrogen-bond donors (Lipinski definition) is 2. The second-order valence-corrected chi connectivity index (χ2v) is 15.7. The number of halogens is 1. The van der Waals surface area contributed by atoms with Crippen molar-refractivity contribution in [2.45, 2.75) is 102 Å². The van der Waals surface area contributed by atoms with E-state index >= 15 is 0 Å². The van der Waals surface area contributed by atoms with Crippen molar-refractivity contribution in [2.24, 2.45) is 11.8 Å². The zero-order valence-electron chi connectivity index (χ0n) is 29.5. The molecule has 262 valence electrons. The molecule has 2 N–H and O–H groups in total. The molecule has 50 heavy (non-hydrogen) atoms. The Labute approximate surface area is 301 Å². The molecule has 7 rings (SSSR count). The van der Waals surface area contributed by atoms with Gasteiger partial charge in [-0.25, -0.2) is 4.79 Å². The molecule has 3 aromatic carbocycles. The van der Waals surface area contributed by atoms with E-state index in [1.807, 2.05) is 48.7 Å². The molecule has 0 aliphatic heterocycles. The van der Waals surface area contributed by atoms with E-state index in [1.54, 1.807) is 0 Å². The van der Waals surface area contributed by atoms with Gasteiger partial charge in [0, 0.05) is 28.2 Å². The van der Waals surface area contributed by atoms with Crippen molar-refractivity contribution in [3.8, 4) is 11.5 Å². The minimum atomic E-state index is -1.05. The number of carboxylic acids is 1. The number of aromatic nitrogens is 1. The van der Waals surface area contributed by atoms with Crippen molar-refractivity contribution in [2.75, 3.05) is 11.9 Å². The fraction of sp³-hybridized carbons (Fsp3) is 0.442. The second-order valence-electron chi connectivity index (χ2n) is 15.3. The molecule has 0 radical (unpaired) electrons. The molecule has 1 saturated carbocycles. The Hall–Kier alpha value is -4.03. The monoisotopic (exact) mass is 692 g/mol. The normalized spacial score (nSPS) is 24.6. The molecule has 0 amide bonds. The fourth-order valence-corrected chi connectivity index (χ4v) is 9.30. The fourth-order valence-electron chi connectivity index (χ4n) is 9.11. The van der Waals surface area contributed by atoms with Crippen LogP contribution in [0.15, 0.2) is 79.0 Å². The van der Waals surface area contributed by atoms with Crippen LogP contribution < -0.4 is 14.8 Å². The highest BCUT2D eigenvalue weighted by atomic mass is 35.5. The topological polar surface area (TPSA) is 80.7 Å². The summed E-state index contributed by atoms with van der Waals surface area (Å²) in [5.74, 6) is 2.23. The van der Waals surface area contributed by atoms with Gasteiger partial charge in [-0.1, -0.05) is 61.8 Å². The average Bonchev–Trinajstić information content (AvgIpc) is 3.38. The summed E-state index contributed by atoms with van der Waals surface area (Å²) < 4.78 is 12.8. The average molecular weight is 693 g/mol. The van der Waals surface area contributed by atoms with Crippen molar-refractivity contribution in [1.29, 1.82) is 0 Å². The summed E-state index contributed by atoms with van der Waals surface area (Å²) in [5.41, 5.74) is 7.12. The lowest BCUT2D eigenvalue weighted by molar-refractivity contribution is -0.144. The highest BCUT2D eigenvalue weighted by Gasteiger charge is 2.54. The van der Waals surface area contributed by atoms with E-state index in [1.165, 1.54) is 40.8 Å². The van der Waals surface area contributed by atoms with Crippen LogP contribution in [0.3, 0.4) is 0 Å². The largest absolute Gasteiger partial charge is 0.493 e. The van der Waals surface area contributed by atoms with Crippen LogP contribution in [0.2, 0.25) is 5.02 Å². The van der Waals surface area contributed by atoms with E-state index in [0.717, 1.165) is 54.9 Å². The Morgan fingerprint density at radius 3 is 2.64 bits per heavy atom. The summed E-state index contributed by atoms with van der Waals surface area (Å²) in [6.07, 6.45) is 9.91. The van der Waals surface area contributed by atoms with E-state index < -0.39 is 11.5 Å². The molecule has 1 spiro atoms. The number of carboxylic acid groups (broad SMARTS) is 1. The Morgan fingerprint density at radius 1 is 1.04 bits per heavy atom. The number of aryl methyl sites for hydroxylation is 2. The predicted molar refractivity (Wildman–Crippen MR) is 200 cm³/mol. The Morgan fingerprint density at radius 2 is 1.86 bits per heavy atom. The maximum absolute atomic E-state index is 13.0. The third kappa shape index (κ3) is 6.96. The van der Waals surface area contributed by atoms with E-state index in [2.05, 4.69) is 61.4 Å². The summed E-state index contributed by atoms with van der Waals surface area (Å²) >= 11 is 6.29. The second kappa shape index (κ2) is 14.3. The zero-order valence-corrected chi connectivity index (χ0v) is 30.3. The van der Waals surface area contributed by atoms with Crippen LogP contribution in [0, 0.1) is 18.8 Å². The Balaban J connectivity index is 1.13. The highest BCUT2D eigenvalue weighted by Crippen LogP contribution is 2.56. The predicted octanol–water partition coefficient (Wildman–Crippen LogP) is 10.1. The molecule has 3 aliphatic carbocycles. The van der Waals surface area contributed by atoms with Crippen LogP contribution in [-0.4, -0.2) is 28.2 Å². The molecule has 6 nitrogen and oxygen atoms in total. The minimum absolute atomic E-state index is 0.123. The first-order valence-electron chi connectivity index (χ1n) is 18.3. The van der Waals surface area contributed by atoms with Gasteiger partial charge >= 0.3 is 5.97 Å². The third-order valence-corrected chi connectivity index (χ3v) is 12.0. The van der Waals surface area contributed by atoms with Gasteiger partial charge in [-0.15, -0.1) is 0 Å². The lowest BCUT2D eigenvalue weighted by atomic mass is 9.59. The van der Waals surface area contributed by atoms with E-state index in [0.29, 0.717) is 48.8 Å². The van der Waals surface area contributed by atoms with Crippen molar-refractivity contribution in [3.05, 3.63) is 118 Å². The standard InChI is InChI=1S/C43H49ClN2O4/c1-28-7-4-11-36(22-28)49-27-31-13-14-32-24-33(21-29(2)26-50-39-15-20-45-38-12-5-8-30(3)40(38)39)42(37(32)23-31)16-18-43(19-17-42,41(47)48)46-35-10-6-9-34(44)25-35/h4,6-7,9-11,13-15,20,22-23,25,29-30,33,46H,5,8,12,16-19,21,24,26-27H2,1-3H3,(H,47,48)/t29-,30-,33?,42?,43?/m1/s1. The minimum Gasteiger partial charge on any atom is -0.493 e. The Kier molecular flexibility index (Phi) is 9.85. The van der Waals surface area contributed by atoms with Crippen LogP contribution >= 0.6 is 11.6 Å². The van der Waals surface area contributed by atoms with Crippen molar-refractivity contribution in [3.63, 3.8) is 0 Å². The summed E-state index contributed by atoms with van der Waals surface area (Å²) in [6, 6.07) is 24.4. The number of rotatable bonds is 11. The number of carbonyl (C=O) groups is 1. The molecule has 1 unspecified atom stereocenters. The van der Waals surface area contributed by atoms with E-state index in [-0.39, 0.29) is 5.41 Å². The molecule has 4 aromatic rings. The third-order valence-electron chi connectivity index (χ3n) is 11.8. The quantitative estimate of drug-likeness (QED) is 0.163. The summed E-state index contributed by atoms with van der Waals surface area (Å²) in [6.45, 7) is 7.81. The van der Waals surface area contributed by atoms with Gasteiger partial charge in [0.2, 0.25) is 0 Å². The molecule has 7 heteroatoms. The molecule has 1 aromatic heterocycles. The molecule has 3 aliphatic rings. The van der Waals surface area contributed by atoms with E-state index in [4.69, 9.17) is 21.1 Å². The number of benzene rings is 3. The molecular weight excluding hydrogens is 644 g/mol. The summed E-state index contributed by atoms with van der Waals surface area (Å²) in [4.78, 5) is 17.7. The molecule has 1 fully saturated rings. The number of fused-ring (bicyclic) bond motifs is 3. The van der Waals surface area contributed by atoms with Gasteiger partial charge in [0.15, 0.2) is 0 Å². The first-order valence-corrected chi connectivity index (χ1v) is 18.7. The maximum Gasteiger partial charge on any atom is 0.329 e. The highest BCUT2D eigenvalue weighted by molar-refractivity contribution is 6.30. The molecule has 0 saturated heterocycles. The zero-order chi connectivity index (χ0) is 34.9. The van der Waals surface area contributed by atoms with Gasteiger partial charge in [-0.2, -0.15) is 0 Å². The maximum atomic E-state index is 13.0. The number of nitrogens with zero attached hydrogens (tertiary/aromatic N) is 1. The number of ether oxygens (including phenoxy) is 2. The SMILES string of the molecule is Cc1cccc(OCc2ccc3c(c2)C2(CCC(Nc4cccc(Cl)c4)(C(=O)O)CC2)C(C[C@@H](C)COc2ccnc4c2[C@H](C)CCC4)C3)c1. The number of anilines is 1. The van der Waals surface area contributed by atoms with Crippen LogP contribution in [0.5, 0.6) is 11.5 Å². The molecule has 0 bridgehead atoms. The van der Waals surface area contributed by atoms with Crippen molar-refractivity contribution >= 4 is 23.3 Å². The lowest BCUT2D eigenvalue weighted by Crippen LogP contribution is -2.53. The van der Waals surface area contributed by atoms with Gasteiger partial charge in [0.1, 0.15) is 23.6 Å². The molecule has 1 heterocycles. The first kappa shape index (κ1) is 34.4. The molecule has 3 atom stereocenters. The molecular formula is C43H49ClN2O4. The number of aliphatic carboxylic acids is 1. The number of pyridine rings is 1. The van der Waals surface area contributed by atoms with Crippen molar-refractivity contribution < 1.29 is 19.4 Å². The van der Waals surface area contributed by atoms with Crippen LogP contribution in [0.25, 0.3) is 0 Å². The summed E-state index contributed by atoms with van der Waals surface area (Å²) in [5, 5.41) is 14.6. The number of nitrogens with one attached hydrogen (secondary N) is 1. The number of hydrogen-bond acceptors (Lipinski definition) is 5. The van der Waals surface area contributed by atoms with E-state index in [9.17, 15) is 9.90 Å². The van der Waals surface area contributed by atoms with Gasteiger partial charge in [0.25, 0.3) is 0 Å². The van der Waals surface area contributed by atoms with Crippen LogP contribution in [-0.2, 0) is 29.7 Å². The summed E-state index contributed by atoms with van der Waals surface area (Å²) in [7, 11) is 0. The van der Waals surface area contributed by atoms with Crippen molar-refractivity contribution in [1.82, 2.24) is 4.98 Å². The van der Waals surface area contributed by atoms with Gasteiger partial charge < -0.3 is 19.9 Å². The Bertz CT molecular complexity index is 1850.